The minimum absolute atomic E-state index is 0.285. The molecule has 1 amide bonds. The number of pyridine rings is 1. The second-order valence-corrected chi connectivity index (χ2v) is 6.41. The van der Waals surface area contributed by atoms with E-state index in [1.165, 1.54) is 0 Å². The molecule has 0 spiro atoms. The number of hydrogen-bond acceptors (Lipinski definition) is 3. The number of anilines is 1. The Morgan fingerprint density at radius 3 is 2.81 bits per heavy atom. The fourth-order valence-corrected chi connectivity index (χ4v) is 2.97. The molecule has 0 bridgehead atoms. The lowest BCUT2D eigenvalue weighted by atomic mass is 10.2. The molecule has 0 atom stereocenters. The van der Waals surface area contributed by atoms with Crippen LogP contribution in [-0.2, 0) is 0 Å². The van der Waals surface area contributed by atoms with E-state index in [9.17, 15) is 4.79 Å². The minimum Gasteiger partial charge on any atom is -0.320 e. The maximum Gasteiger partial charge on any atom is 0.274 e. The second-order valence-electron chi connectivity index (χ2n) is 5.91. The molecule has 4 rings (SSSR count). The fourth-order valence-electron chi connectivity index (χ4n) is 2.78. The van der Waals surface area contributed by atoms with Crippen LogP contribution in [0.25, 0.3) is 16.9 Å². The molecule has 0 saturated carbocycles. The first-order chi connectivity index (χ1) is 13.2. The third-order valence-corrected chi connectivity index (χ3v) is 4.69. The van der Waals surface area contributed by atoms with Crippen molar-refractivity contribution >= 4 is 31.5 Å². The number of fused-ring (bicyclic) bond motifs is 1. The van der Waals surface area contributed by atoms with Gasteiger partial charge in [0.25, 0.3) is 5.91 Å². The predicted octanol–water partition coefficient (Wildman–Crippen LogP) is 2.82. The van der Waals surface area contributed by atoms with Gasteiger partial charge in [-0.05, 0) is 13.1 Å². The first kappa shape index (κ1) is 17.1. The van der Waals surface area contributed by atoms with Crippen LogP contribution in [0.5, 0.6) is 0 Å². The lowest BCUT2D eigenvalue weighted by Crippen LogP contribution is -2.21. The first-order valence-corrected chi connectivity index (χ1v) is 8.81. The summed E-state index contributed by atoms with van der Waals surface area (Å²) in [6.07, 6.45) is 5.41. The number of imidazole rings is 1. The van der Waals surface area contributed by atoms with Crippen LogP contribution in [0.15, 0.2) is 61.1 Å². The van der Waals surface area contributed by atoms with Gasteiger partial charge in [0.1, 0.15) is 11.3 Å². The molecule has 4 aromatic rings. The van der Waals surface area contributed by atoms with E-state index >= 15 is 0 Å². The van der Waals surface area contributed by atoms with Crippen LogP contribution in [0.4, 0.5) is 5.69 Å². The normalized spacial score (nSPS) is 10.9. The van der Waals surface area contributed by atoms with Crippen LogP contribution in [0.3, 0.4) is 0 Å². The molecule has 0 radical (unpaired) electrons. The average molecular weight is 376 g/mol. The molecule has 1 aromatic carbocycles. The van der Waals surface area contributed by atoms with E-state index in [-0.39, 0.29) is 5.91 Å². The molecule has 0 aliphatic carbocycles. The highest BCUT2D eigenvalue weighted by Gasteiger charge is 2.16. The summed E-state index contributed by atoms with van der Waals surface area (Å²) >= 11 is 0. The van der Waals surface area contributed by atoms with E-state index in [0.29, 0.717) is 22.4 Å². The van der Waals surface area contributed by atoms with Gasteiger partial charge in [0, 0.05) is 40.7 Å². The molecule has 0 aliphatic rings. The van der Waals surface area contributed by atoms with E-state index in [2.05, 4.69) is 34.7 Å². The molecule has 3 heterocycles. The maximum atomic E-state index is 12.6. The van der Waals surface area contributed by atoms with Crippen molar-refractivity contribution < 1.29 is 4.79 Å². The summed E-state index contributed by atoms with van der Waals surface area (Å²) in [4.78, 5) is 17.2. The number of carbonyl (C=O) groups is 1. The van der Waals surface area contributed by atoms with Crippen molar-refractivity contribution in [1.82, 2.24) is 24.9 Å². The number of hydrogen-bond donors (Lipinski definition) is 3. The van der Waals surface area contributed by atoms with Gasteiger partial charge >= 0.3 is 0 Å². The molecule has 134 valence electrons. The van der Waals surface area contributed by atoms with Crippen LogP contribution < -0.4 is 10.6 Å². The number of aromatic amines is 1. The zero-order chi connectivity index (χ0) is 18.8. The molecule has 27 heavy (non-hydrogen) atoms. The van der Waals surface area contributed by atoms with Crippen molar-refractivity contribution in [2.24, 2.45) is 0 Å². The Hall–Kier alpha value is -3.28. The van der Waals surface area contributed by atoms with Crippen molar-refractivity contribution in [2.45, 2.75) is 0 Å². The van der Waals surface area contributed by atoms with Gasteiger partial charge in [-0.2, -0.15) is 5.10 Å². The Morgan fingerprint density at radius 1 is 1.22 bits per heavy atom. The van der Waals surface area contributed by atoms with Gasteiger partial charge in [-0.25, -0.2) is 4.98 Å². The molecule has 0 aliphatic heterocycles. The standard InChI is InChI=1S/C19H17N6OP/c1-20-19(27)14-10-21-24-17(14)18(26)22-13-7-8-25-11-15(23-16(25)9-13)12-5-3-2-4-6-12/h2-11,20,27H,1H3,(H,21,24)(H,22,26). The van der Waals surface area contributed by atoms with Gasteiger partial charge in [0.2, 0.25) is 0 Å². The van der Waals surface area contributed by atoms with Crippen LogP contribution in [0.1, 0.15) is 16.1 Å². The molecule has 0 saturated heterocycles. The number of nitrogens with zero attached hydrogens (tertiary/aromatic N) is 3. The Morgan fingerprint density at radius 2 is 2.04 bits per heavy atom. The molecule has 3 aromatic heterocycles. The number of rotatable bonds is 5. The van der Waals surface area contributed by atoms with Crippen LogP contribution in [-0.4, -0.2) is 38.0 Å². The summed E-state index contributed by atoms with van der Waals surface area (Å²) in [6, 6.07) is 13.6. The molecule has 0 fully saturated rings. The van der Waals surface area contributed by atoms with E-state index in [1.54, 1.807) is 13.2 Å². The first-order valence-electron chi connectivity index (χ1n) is 8.31. The van der Waals surface area contributed by atoms with Crippen LogP contribution in [0, 0.1) is 0 Å². The second kappa shape index (κ2) is 7.15. The maximum absolute atomic E-state index is 12.6. The van der Waals surface area contributed by atoms with Crippen molar-refractivity contribution in [3.05, 3.63) is 72.3 Å². The molecule has 7 nitrogen and oxygen atoms in total. The van der Waals surface area contributed by atoms with Gasteiger partial charge < -0.3 is 9.72 Å². The number of amides is 1. The average Bonchev–Trinajstić information content (AvgIpc) is 3.35. The SMILES string of the molecule is CNC(=P)c1cn[nH]c1C(=O)Nc1ccn2cc(-c3ccccc3)nc2c1. The van der Waals surface area contributed by atoms with Crippen LogP contribution >= 0.6 is 8.86 Å². The van der Waals surface area contributed by atoms with Crippen molar-refractivity contribution in [1.29, 1.82) is 0 Å². The number of nitrogens with one attached hydrogen (secondary N) is 3. The van der Waals surface area contributed by atoms with Gasteiger partial charge in [-0.3, -0.25) is 15.2 Å². The Bertz CT molecular complexity index is 1130. The summed E-state index contributed by atoms with van der Waals surface area (Å²) in [5.74, 6) is -0.285. The number of H-pyrrole nitrogens is 1. The molecular formula is C19H17N6OP. The number of aromatic nitrogens is 4. The van der Waals surface area contributed by atoms with Crippen LogP contribution in [0.2, 0.25) is 0 Å². The van der Waals surface area contributed by atoms with Crippen molar-refractivity contribution in [3.63, 3.8) is 0 Å². The van der Waals surface area contributed by atoms with E-state index < -0.39 is 0 Å². The molecule has 0 unspecified atom stereocenters. The highest BCUT2D eigenvalue weighted by Crippen LogP contribution is 2.21. The quantitative estimate of drug-likeness (QED) is 0.468. The van der Waals surface area contributed by atoms with Gasteiger partial charge in [-0.15, -0.1) is 8.86 Å². The Kier molecular flexibility index (Phi) is 4.54. The van der Waals surface area contributed by atoms with Crippen molar-refractivity contribution in [2.75, 3.05) is 12.4 Å². The monoisotopic (exact) mass is 376 g/mol. The van der Waals surface area contributed by atoms with Crippen molar-refractivity contribution in [3.8, 4) is 11.3 Å². The van der Waals surface area contributed by atoms with Gasteiger partial charge in [0.05, 0.1) is 11.9 Å². The highest BCUT2D eigenvalue weighted by atomic mass is 31.0. The van der Waals surface area contributed by atoms with E-state index in [0.717, 1.165) is 16.9 Å². The number of carbonyl (C=O) groups excluding carboxylic acids is 1. The Balaban J connectivity index is 1.60. The van der Waals surface area contributed by atoms with Gasteiger partial charge in [0.15, 0.2) is 0 Å². The third kappa shape index (κ3) is 3.38. The lowest BCUT2D eigenvalue weighted by Gasteiger charge is -2.07. The third-order valence-electron chi connectivity index (χ3n) is 4.17. The largest absolute Gasteiger partial charge is 0.320 e. The lowest BCUT2D eigenvalue weighted by molar-refractivity contribution is 0.102. The zero-order valence-electron chi connectivity index (χ0n) is 14.5. The fraction of sp³-hybridized carbons (Fsp3) is 0.0526. The summed E-state index contributed by atoms with van der Waals surface area (Å²) in [5, 5.41) is 12.5. The molecular weight excluding hydrogens is 359 g/mol. The van der Waals surface area contributed by atoms with E-state index in [1.807, 2.05) is 59.3 Å². The Labute approximate surface area is 157 Å². The van der Waals surface area contributed by atoms with Gasteiger partial charge in [-0.1, -0.05) is 30.3 Å². The smallest absolute Gasteiger partial charge is 0.274 e. The topological polar surface area (TPSA) is 87.1 Å². The number of benzene rings is 1. The predicted molar refractivity (Wildman–Crippen MR) is 109 cm³/mol. The van der Waals surface area contributed by atoms with E-state index in [4.69, 9.17) is 0 Å². The summed E-state index contributed by atoms with van der Waals surface area (Å²) in [6.45, 7) is 0. The highest BCUT2D eigenvalue weighted by molar-refractivity contribution is 7.22. The summed E-state index contributed by atoms with van der Waals surface area (Å²) in [5.41, 5.74) is 5.01. The summed E-state index contributed by atoms with van der Waals surface area (Å²) in [7, 11) is 5.19. The zero-order valence-corrected chi connectivity index (χ0v) is 15.5. The summed E-state index contributed by atoms with van der Waals surface area (Å²) < 4.78 is 1.92. The minimum atomic E-state index is -0.285. The molecule has 3 N–H and O–H groups in total. The molecule has 8 heteroatoms.